The van der Waals surface area contributed by atoms with Crippen molar-refractivity contribution in [2.45, 2.75) is 37.5 Å². The van der Waals surface area contributed by atoms with Crippen molar-refractivity contribution in [3.8, 4) is 0 Å². The van der Waals surface area contributed by atoms with Crippen LogP contribution < -0.4 is 9.21 Å². The van der Waals surface area contributed by atoms with Crippen molar-refractivity contribution >= 4 is 27.3 Å². The summed E-state index contributed by atoms with van der Waals surface area (Å²) in [6.07, 6.45) is 1.63. The van der Waals surface area contributed by atoms with E-state index >= 15 is 0 Å². The maximum Gasteiger partial charge on any atom is 0.264 e. The number of anilines is 2. The first-order valence-corrected chi connectivity index (χ1v) is 10.4. The van der Waals surface area contributed by atoms with Gasteiger partial charge in [-0.15, -0.1) is 0 Å². The van der Waals surface area contributed by atoms with Gasteiger partial charge in [0.05, 0.1) is 10.6 Å². The predicted molar refractivity (Wildman–Crippen MR) is 102 cm³/mol. The van der Waals surface area contributed by atoms with Gasteiger partial charge < -0.3 is 4.90 Å². The van der Waals surface area contributed by atoms with Crippen LogP contribution in [-0.2, 0) is 21.2 Å². The molecule has 2 aliphatic rings. The van der Waals surface area contributed by atoms with Gasteiger partial charge in [0.1, 0.15) is 0 Å². The minimum absolute atomic E-state index is 0.0103. The number of nitrogens with zero attached hydrogens (tertiary/aromatic N) is 2. The Kier molecular flexibility index (Phi) is 4.03. The Morgan fingerprint density at radius 1 is 1.12 bits per heavy atom. The van der Waals surface area contributed by atoms with E-state index in [1.54, 1.807) is 30.0 Å². The molecule has 0 aliphatic carbocycles. The zero-order chi connectivity index (χ0) is 18.5. The number of carbonyl (C=O) groups excluding carboxylic acids is 1. The molecule has 2 heterocycles. The predicted octanol–water partition coefficient (Wildman–Crippen LogP) is 3.30. The highest BCUT2D eigenvalue weighted by atomic mass is 32.2. The molecule has 6 heteroatoms. The van der Waals surface area contributed by atoms with Crippen LogP contribution in [0.2, 0.25) is 0 Å². The number of hydrogen-bond donors (Lipinski definition) is 0. The van der Waals surface area contributed by atoms with E-state index in [0.717, 1.165) is 35.3 Å². The minimum atomic E-state index is -3.63. The summed E-state index contributed by atoms with van der Waals surface area (Å²) in [5, 5.41) is 0. The topological polar surface area (TPSA) is 57.7 Å². The Balaban J connectivity index is 1.75. The maximum absolute atomic E-state index is 13.3. The van der Waals surface area contributed by atoms with E-state index in [9.17, 15) is 13.2 Å². The molecule has 1 atom stereocenters. The third-order valence-electron chi connectivity index (χ3n) is 5.31. The summed E-state index contributed by atoms with van der Waals surface area (Å²) >= 11 is 0. The molecule has 0 bridgehead atoms. The number of aryl methyl sites for hydroxylation is 1. The number of rotatable bonds is 2. The Labute approximate surface area is 154 Å². The van der Waals surface area contributed by atoms with Gasteiger partial charge in [-0.1, -0.05) is 25.1 Å². The monoisotopic (exact) mass is 370 g/mol. The fraction of sp³-hybridized carbons (Fsp3) is 0.350. The molecule has 0 saturated carbocycles. The molecule has 2 aliphatic heterocycles. The largest absolute Gasteiger partial charge is 0.312 e. The van der Waals surface area contributed by atoms with E-state index in [0.29, 0.717) is 18.0 Å². The third kappa shape index (κ3) is 2.60. The second-order valence-corrected chi connectivity index (χ2v) is 8.92. The first-order chi connectivity index (χ1) is 12.4. The number of fused-ring (bicyclic) bond motifs is 2. The second-order valence-electron chi connectivity index (χ2n) is 7.06. The van der Waals surface area contributed by atoms with E-state index < -0.39 is 10.0 Å². The molecular weight excluding hydrogens is 348 g/mol. The molecule has 5 nitrogen and oxygen atoms in total. The number of amides is 1. The highest BCUT2D eigenvalue weighted by Crippen LogP contribution is 2.40. The van der Waals surface area contributed by atoms with Crippen LogP contribution in [0.5, 0.6) is 0 Å². The molecule has 0 fully saturated rings. The summed E-state index contributed by atoms with van der Waals surface area (Å²) < 4.78 is 28.1. The van der Waals surface area contributed by atoms with Crippen molar-refractivity contribution in [2.24, 2.45) is 0 Å². The molecule has 0 spiro atoms. The summed E-state index contributed by atoms with van der Waals surface area (Å²) in [6.45, 7) is 4.73. The van der Waals surface area contributed by atoms with E-state index in [1.165, 1.54) is 4.31 Å². The van der Waals surface area contributed by atoms with Gasteiger partial charge >= 0.3 is 0 Å². The lowest BCUT2D eigenvalue weighted by Gasteiger charge is -2.29. The number of benzene rings is 2. The van der Waals surface area contributed by atoms with Crippen molar-refractivity contribution in [2.75, 3.05) is 22.3 Å². The highest BCUT2D eigenvalue weighted by molar-refractivity contribution is 7.92. The first-order valence-electron chi connectivity index (χ1n) is 8.92. The molecule has 0 aromatic heterocycles. The van der Waals surface area contributed by atoms with Gasteiger partial charge in [0.15, 0.2) is 0 Å². The molecule has 4 rings (SSSR count). The first kappa shape index (κ1) is 17.1. The molecule has 1 amide bonds. The summed E-state index contributed by atoms with van der Waals surface area (Å²) in [4.78, 5) is 13.8. The van der Waals surface area contributed by atoms with Crippen LogP contribution >= 0.6 is 0 Å². The summed E-state index contributed by atoms with van der Waals surface area (Å²) in [5.74, 6) is 0.163. The van der Waals surface area contributed by atoms with Crippen molar-refractivity contribution < 1.29 is 13.2 Å². The number of hydrogen-bond acceptors (Lipinski definition) is 3. The lowest BCUT2D eigenvalue weighted by molar-refractivity contribution is -0.116. The Morgan fingerprint density at radius 2 is 1.88 bits per heavy atom. The van der Waals surface area contributed by atoms with Crippen LogP contribution in [0.1, 0.15) is 37.3 Å². The number of sulfonamides is 1. The molecular formula is C20H22N2O3S. The normalized spacial score (nSPS) is 19.2. The smallest absolute Gasteiger partial charge is 0.264 e. The van der Waals surface area contributed by atoms with Crippen LogP contribution in [0, 0.1) is 0 Å². The Hall–Kier alpha value is -2.34. The second kappa shape index (κ2) is 6.13. The molecule has 1 unspecified atom stereocenters. The van der Waals surface area contributed by atoms with Gasteiger partial charge in [-0.25, -0.2) is 8.42 Å². The lowest BCUT2D eigenvalue weighted by atomic mass is 10.0. The molecule has 0 N–H and O–H groups in total. The van der Waals surface area contributed by atoms with Crippen LogP contribution in [0.25, 0.3) is 0 Å². The maximum atomic E-state index is 13.3. The van der Waals surface area contributed by atoms with Gasteiger partial charge in [-0.3, -0.25) is 9.10 Å². The molecule has 136 valence electrons. The highest BCUT2D eigenvalue weighted by Gasteiger charge is 2.35. The van der Waals surface area contributed by atoms with Gasteiger partial charge in [0.2, 0.25) is 5.91 Å². The SMILES string of the molecule is CC(=O)N1CCCc2cc(S(=O)(=O)N3CC(C)c4ccccc43)ccc21. The van der Waals surface area contributed by atoms with Crippen molar-refractivity contribution in [1.29, 1.82) is 0 Å². The number of para-hydroxylation sites is 1. The average Bonchev–Trinajstić information content (AvgIpc) is 2.98. The third-order valence-corrected chi connectivity index (χ3v) is 7.09. The fourth-order valence-corrected chi connectivity index (χ4v) is 5.62. The minimum Gasteiger partial charge on any atom is -0.312 e. The molecule has 2 aromatic rings. The van der Waals surface area contributed by atoms with Crippen LogP contribution in [0.4, 0.5) is 11.4 Å². The Bertz CT molecular complexity index is 984. The lowest BCUT2D eigenvalue weighted by Crippen LogP contribution is -2.34. The van der Waals surface area contributed by atoms with Crippen molar-refractivity contribution in [3.63, 3.8) is 0 Å². The fourth-order valence-electron chi connectivity index (χ4n) is 3.99. The quantitative estimate of drug-likeness (QED) is 0.815. The van der Waals surface area contributed by atoms with Gasteiger partial charge in [-0.05, 0) is 48.2 Å². The zero-order valence-electron chi connectivity index (χ0n) is 15.0. The van der Waals surface area contributed by atoms with Crippen LogP contribution in [-0.4, -0.2) is 27.4 Å². The van der Waals surface area contributed by atoms with Gasteiger partial charge in [0.25, 0.3) is 10.0 Å². The standard InChI is InChI=1S/C20H22N2O3S/c1-14-13-22(20-8-4-3-7-18(14)20)26(24,25)17-9-10-19-16(12-17)6-5-11-21(19)15(2)23/h3-4,7-10,12,14H,5-6,11,13H2,1-2H3. The van der Waals surface area contributed by atoms with Gasteiger partial charge in [0, 0.05) is 31.6 Å². The summed E-state index contributed by atoms with van der Waals surface area (Å²) in [5.41, 5.74) is 3.59. The number of carbonyl (C=O) groups is 1. The summed E-state index contributed by atoms with van der Waals surface area (Å²) in [6, 6.07) is 12.8. The van der Waals surface area contributed by atoms with Crippen LogP contribution in [0.3, 0.4) is 0 Å². The molecule has 0 radical (unpaired) electrons. The van der Waals surface area contributed by atoms with E-state index in [4.69, 9.17) is 0 Å². The van der Waals surface area contributed by atoms with E-state index in [1.807, 2.05) is 31.2 Å². The molecule has 26 heavy (non-hydrogen) atoms. The molecule has 2 aromatic carbocycles. The van der Waals surface area contributed by atoms with E-state index in [-0.39, 0.29) is 11.8 Å². The van der Waals surface area contributed by atoms with Crippen LogP contribution in [0.15, 0.2) is 47.4 Å². The van der Waals surface area contributed by atoms with Crippen molar-refractivity contribution in [3.05, 3.63) is 53.6 Å². The zero-order valence-corrected chi connectivity index (χ0v) is 15.8. The van der Waals surface area contributed by atoms with Crippen molar-refractivity contribution in [1.82, 2.24) is 0 Å². The summed E-state index contributed by atoms with van der Waals surface area (Å²) in [7, 11) is -3.63. The average molecular weight is 370 g/mol. The Morgan fingerprint density at radius 3 is 2.65 bits per heavy atom. The van der Waals surface area contributed by atoms with Gasteiger partial charge in [-0.2, -0.15) is 0 Å². The van der Waals surface area contributed by atoms with E-state index in [2.05, 4.69) is 0 Å². The molecule has 0 saturated heterocycles.